The summed E-state index contributed by atoms with van der Waals surface area (Å²) in [6.07, 6.45) is 4.29. The lowest BCUT2D eigenvalue weighted by Crippen LogP contribution is -2.37. The molecule has 1 heterocycles. The lowest BCUT2D eigenvalue weighted by Gasteiger charge is -2.28. The van der Waals surface area contributed by atoms with Crippen LogP contribution < -0.4 is 9.47 Å². The molecular weight excluding hydrogens is 377 g/mol. The minimum Gasteiger partial charge on any atom is -0.491 e. The van der Waals surface area contributed by atoms with E-state index in [2.05, 4.69) is 4.90 Å². The standard InChI is InChI=1S/C16H18Cl3NO2S/c17-13-5-4-12(22-15(23)20-6-2-1-3-7-20)8-14(13)21-10-11-9-16(11,18)19/h4-5,8,11H,1-3,6-7,9-10H2. The lowest BCUT2D eigenvalue weighted by atomic mass is 10.1. The molecule has 7 heteroatoms. The third kappa shape index (κ3) is 4.56. The Balaban J connectivity index is 1.59. The normalized spacial score (nSPS) is 22.6. The zero-order valence-corrected chi connectivity index (χ0v) is 15.6. The molecule has 0 spiro atoms. The van der Waals surface area contributed by atoms with Crippen LogP contribution in [0.1, 0.15) is 25.7 Å². The summed E-state index contributed by atoms with van der Waals surface area (Å²) in [5.74, 6) is 1.32. The molecule has 1 atom stereocenters. The van der Waals surface area contributed by atoms with Crippen LogP contribution in [0.25, 0.3) is 0 Å². The van der Waals surface area contributed by atoms with Crippen LogP contribution in [-0.2, 0) is 0 Å². The van der Waals surface area contributed by atoms with Gasteiger partial charge in [-0.15, -0.1) is 23.2 Å². The summed E-state index contributed by atoms with van der Waals surface area (Å²) in [6.45, 7) is 2.34. The second-order valence-electron chi connectivity index (χ2n) is 5.98. The fraction of sp³-hybridized carbons (Fsp3) is 0.562. The number of nitrogens with zero attached hydrogens (tertiary/aromatic N) is 1. The summed E-state index contributed by atoms with van der Waals surface area (Å²) in [6, 6.07) is 5.29. The molecule has 0 amide bonds. The molecule has 1 saturated carbocycles. The number of rotatable bonds is 4. The van der Waals surface area contributed by atoms with Crippen LogP contribution in [0.4, 0.5) is 0 Å². The summed E-state index contributed by atoms with van der Waals surface area (Å²) in [5, 5.41) is 1.03. The lowest BCUT2D eigenvalue weighted by molar-refractivity contribution is 0.292. The summed E-state index contributed by atoms with van der Waals surface area (Å²) in [5.41, 5.74) is 0. The van der Waals surface area contributed by atoms with E-state index in [0.717, 1.165) is 32.4 Å². The van der Waals surface area contributed by atoms with E-state index in [0.29, 0.717) is 28.3 Å². The van der Waals surface area contributed by atoms with Crippen LogP contribution >= 0.6 is 47.0 Å². The molecule has 0 bridgehead atoms. The monoisotopic (exact) mass is 393 g/mol. The summed E-state index contributed by atoms with van der Waals surface area (Å²) in [4.78, 5) is 2.09. The first-order valence-electron chi connectivity index (χ1n) is 7.72. The van der Waals surface area contributed by atoms with E-state index >= 15 is 0 Å². The Morgan fingerprint density at radius 1 is 1.26 bits per heavy atom. The van der Waals surface area contributed by atoms with Crippen LogP contribution in [0.15, 0.2) is 18.2 Å². The smallest absolute Gasteiger partial charge is 0.264 e. The van der Waals surface area contributed by atoms with Gasteiger partial charge >= 0.3 is 0 Å². The molecule has 1 saturated heterocycles. The largest absolute Gasteiger partial charge is 0.491 e. The number of benzene rings is 1. The highest BCUT2D eigenvalue weighted by Gasteiger charge is 2.52. The van der Waals surface area contributed by atoms with Gasteiger partial charge in [-0.25, -0.2) is 0 Å². The van der Waals surface area contributed by atoms with E-state index in [1.807, 2.05) is 0 Å². The first kappa shape index (κ1) is 17.4. The Kier molecular flexibility index (Phi) is 5.46. The third-order valence-electron chi connectivity index (χ3n) is 4.12. The second kappa shape index (κ2) is 7.22. The van der Waals surface area contributed by atoms with Gasteiger partial charge in [-0.2, -0.15) is 0 Å². The van der Waals surface area contributed by atoms with Crippen LogP contribution in [-0.4, -0.2) is 34.1 Å². The van der Waals surface area contributed by atoms with Crippen molar-refractivity contribution in [3.63, 3.8) is 0 Å². The molecule has 1 aromatic carbocycles. The van der Waals surface area contributed by atoms with Gasteiger partial charge in [0.05, 0.1) is 11.6 Å². The van der Waals surface area contributed by atoms with Crippen molar-refractivity contribution in [2.75, 3.05) is 19.7 Å². The van der Waals surface area contributed by atoms with Crippen molar-refractivity contribution in [1.82, 2.24) is 4.90 Å². The highest BCUT2D eigenvalue weighted by Crippen LogP contribution is 2.53. The minimum absolute atomic E-state index is 0.140. The number of piperidine rings is 1. The summed E-state index contributed by atoms with van der Waals surface area (Å²) in [7, 11) is 0. The SMILES string of the molecule is S=C(Oc1ccc(Cl)c(OCC2CC2(Cl)Cl)c1)N1CCCCC1. The number of hydrogen-bond acceptors (Lipinski definition) is 3. The first-order valence-corrected chi connectivity index (χ1v) is 9.27. The Morgan fingerprint density at radius 3 is 2.61 bits per heavy atom. The molecule has 2 fully saturated rings. The fourth-order valence-electron chi connectivity index (χ4n) is 2.54. The average molecular weight is 395 g/mol. The van der Waals surface area contributed by atoms with Gasteiger partial charge in [0.25, 0.3) is 5.17 Å². The Bertz CT molecular complexity index is 591. The molecule has 0 N–H and O–H groups in total. The molecule has 2 aliphatic rings. The number of hydrogen-bond donors (Lipinski definition) is 0. The van der Waals surface area contributed by atoms with Crippen LogP contribution in [0.2, 0.25) is 5.02 Å². The Hall–Kier alpha value is -0.420. The number of likely N-dealkylation sites (tertiary alicyclic amines) is 1. The van der Waals surface area contributed by atoms with E-state index in [4.69, 9.17) is 56.5 Å². The molecule has 1 aliphatic carbocycles. The summed E-state index contributed by atoms with van der Waals surface area (Å²) < 4.78 is 10.8. The van der Waals surface area contributed by atoms with E-state index in [1.54, 1.807) is 18.2 Å². The molecule has 3 rings (SSSR count). The van der Waals surface area contributed by atoms with Crippen molar-refractivity contribution < 1.29 is 9.47 Å². The molecule has 3 nitrogen and oxygen atoms in total. The number of halogens is 3. The Morgan fingerprint density at radius 2 is 1.96 bits per heavy atom. The van der Waals surface area contributed by atoms with Gasteiger partial charge in [0.1, 0.15) is 15.8 Å². The third-order valence-corrected chi connectivity index (χ3v) is 5.70. The molecule has 23 heavy (non-hydrogen) atoms. The molecule has 1 aromatic rings. The Labute approximate surface area is 156 Å². The van der Waals surface area contributed by atoms with Crippen molar-refractivity contribution >= 4 is 52.2 Å². The predicted octanol–water partition coefficient (Wildman–Crippen LogP) is 5.06. The van der Waals surface area contributed by atoms with Gasteiger partial charge in [0, 0.05) is 25.1 Å². The minimum atomic E-state index is -0.656. The molecule has 0 radical (unpaired) electrons. The van der Waals surface area contributed by atoms with Crippen molar-refractivity contribution in [2.45, 2.75) is 30.0 Å². The van der Waals surface area contributed by atoms with Gasteiger partial charge in [0.15, 0.2) is 0 Å². The molecule has 126 valence electrons. The molecule has 0 aromatic heterocycles. The molecular formula is C16H18Cl3NO2S. The zero-order chi connectivity index (χ0) is 16.4. The van der Waals surface area contributed by atoms with Crippen molar-refractivity contribution in [3.05, 3.63) is 23.2 Å². The van der Waals surface area contributed by atoms with Gasteiger partial charge in [-0.3, -0.25) is 0 Å². The molecule has 1 unspecified atom stereocenters. The van der Waals surface area contributed by atoms with Crippen LogP contribution in [0.3, 0.4) is 0 Å². The van der Waals surface area contributed by atoms with Crippen LogP contribution in [0, 0.1) is 5.92 Å². The van der Waals surface area contributed by atoms with Gasteiger partial charge in [-0.1, -0.05) is 11.6 Å². The van der Waals surface area contributed by atoms with E-state index in [1.165, 1.54) is 6.42 Å². The van der Waals surface area contributed by atoms with Crippen molar-refractivity contribution in [2.24, 2.45) is 5.92 Å². The number of thiocarbonyl (C=S) groups is 1. The van der Waals surface area contributed by atoms with E-state index < -0.39 is 4.33 Å². The highest BCUT2D eigenvalue weighted by molar-refractivity contribution is 7.80. The maximum absolute atomic E-state index is 6.17. The number of ether oxygens (including phenoxy) is 2. The summed E-state index contributed by atoms with van der Waals surface area (Å²) >= 11 is 23.5. The predicted molar refractivity (Wildman–Crippen MR) is 98.1 cm³/mol. The van der Waals surface area contributed by atoms with Gasteiger partial charge < -0.3 is 14.4 Å². The average Bonchev–Trinajstić information content (AvgIpc) is 3.15. The topological polar surface area (TPSA) is 21.7 Å². The maximum Gasteiger partial charge on any atom is 0.264 e. The quantitative estimate of drug-likeness (QED) is 0.525. The van der Waals surface area contributed by atoms with Gasteiger partial charge in [-0.05, 0) is 50.0 Å². The highest BCUT2D eigenvalue weighted by atomic mass is 35.5. The van der Waals surface area contributed by atoms with Gasteiger partial charge in [0.2, 0.25) is 0 Å². The first-order chi connectivity index (χ1) is 11.0. The number of alkyl halides is 2. The second-order valence-corrected chi connectivity index (χ2v) is 8.28. The fourth-order valence-corrected chi connectivity index (χ4v) is 3.49. The van der Waals surface area contributed by atoms with E-state index in [9.17, 15) is 0 Å². The van der Waals surface area contributed by atoms with Crippen LogP contribution in [0.5, 0.6) is 11.5 Å². The maximum atomic E-state index is 6.17. The van der Waals surface area contributed by atoms with Crippen molar-refractivity contribution in [3.8, 4) is 11.5 Å². The zero-order valence-electron chi connectivity index (χ0n) is 12.6. The van der Waals surface area contributed by atoms with Crippen molar-refractivity contribution in [1.29, 1.82) is 0 Å². The van der Waals surface area contributed by atoms with E-state index in [-0.39, 0.29) is 5.92 Å². The molecule has 1 aliphatic heterocycles.